The van der Waals surface area contributed by atoms with Gasteiger partial charge in [0.2, 0.25) is 5.69 Å². The van der Waals surface area contributed by atoms with Crippen LogP contribution in [0.4, 0.5) is 11.4 Å². The minimum Gasteiger partial charge on any atom is -0.318 e. The lowest BCUT2D eigenvalue weighted by atomic mass is 10.2. The summed E-state index contributed by atoms with van der Waals surface area (Å²) in [4.78, 5) is 23.1. The minimum absolute atomic E-state index is 0.229. The van der Waals surface area contributed by atoms with Crippen molar-refractivity contribution in [3.63, 3.8) is 0 Å². The van der Waals surface area contributed by atoms with Crippen LogP contribution in [0.25, 0.3) is 0 Å². The Kier molecular flexibility index (Phi) is 4.75. The number of nitrogens with one attached hydrogen (secondary N) is 1. The Hall–Kier alpha value is -3.50. The predicted octanol–water partition coefficient (Wildman–Crippen LogP) is 1.66. The fourth-order valence-corrected chi connectivity index (χ4v) is 2.81. The first-order chi connectivity index (χ1) is 12.8. The second-order valence-corrected chi connectivity index (χ2v) is 6.12. The Morgan fingerprint density at radius 1 is 1.26 bits per heavy atom. The molecule has 0 aliphatic rings. The smallest absolute Gasteiger partial charge is 0.318 e. The summed E-state index contributed by atoms with van der Waals surface area (Å²) >= 11 is 0. The van der Waals surface area contributed by atoms with Gasteiger partial charge in [-0.05, 0) is 20.8 Å². The van der Waals surface area contributed by atoms with Crippen LogP contribution in [-0.4, -0.2) is 40.2 Å². The molecule has 1 N–H and O–H groups in total. The Morgan fingerprint density at radius 3 is 2.63 bits per heavy atom. The fourth-order valence-electron chi connectivity index (χ4n) is 2.81. The van der Waals surface area contributed by atoms with Crippen molar-refractivity contribution >= 4 is 17.3 Å². The second-order valence-electron chi connectivity index (χ2n) is 6.12. The number of anilines is 1. The van der Waals surface area contributed by atoms with Crippen molar-refractivity contribution in [3.8, 4) is 0 Å². The summed E-state index contributed by atoms with van der Waals surface area (Å²) in [7, 11) is 1.55. The maximum atomic E-state index is 12.4. The maximum absolute atomic E-state index is 12.4. The first kappa shape index (κ1) is 18.3. The van der Waals surface area contributed by atoms with Crippen LogP contribution in [0.5, 0.6) is 0 Å². The summed E-state index contributed by atoms with van der Waals surface area (Å²) in [6.45, 7) is 6.84. The number of rotatable bonds is 6. The number of nitro groups is 1. The highest BCUT2D eigenvalue weighted by Crippen LogP contribution is 2.23. The molecule has 0 spiro atoms. The summed E-state index contributed by atoms with van der Waals surface area (Å²) in [5.41, 5.74) is 2.28. The van der Waals surface area contributed by atoms with Gasteiger partial charge in [-0.1, -0.05) is 0 Å². The van der Waals surface area contributed by atoms with Crippen LogP contribution in [-0.2, 0) is 20.1 Å². The molecule has 0 unspecified atom stereocenters. The molecular weight excluding hydrogens is 352 g/mol. The van der Waals surface area contributed by atoms with E-state index >= 15 is 0 Å². The molecule has 0 radical (unpaired) electrons. The van der Waals surface area contributed by atoms with E-state index in [1.165, 1.54) is 10.9 Å². The van der Waals surface area contributed by atoms with E-state index < -0.39 is 10.8 Å². The first-order valence-electron chi connectivity index (χ1n) is 8.34. The molecule has 3 heterocycles. The Labute approximate surface area is 154 Å². The number of amides is 1. The molecule has 142 valence electrons. The third-order valence-corrected chi connectivity index (χ3v) is 4.43. The third kappa shape index (κ3) is 3.43. The highest BCUT2D eigenvalue weighted by atomic mass is 16.6. The first-order valence-corrected chi connectivity index (χ1v) is 8.34. The van der Waals surface area contributed by atoms with E-state index in [0.717, 1.165) is 17.8 Å². The van der Waals surface area contributed by atoms with Crippen LogP contribution in [0.15, 0.2) is 18.6 Å². The van der Waals surface area contributed by atoms with Crippen molar-refractivity contribution in [3.05, 3.63) is 51.4 Å². The standard InChI is InChI=1S/C16H20N8O3/c1-5-23-10(2)12(6-18-23)8-22-9-13(7-17-22)19-16(25)14-15(24(26)27)11(3)21(4)20-14/h6-7,9H,5,8H2,1-4H3,(H,19,25). The molecule has 3 rings (SSSR count). The van der Waals surface area contributed by atoms with Gasteiger partial charge in [0.1, 0.15) is 5.69 Å². The van der Waals surface area contributed by atoms with Gasteiger partial charge in [0.15, 0.2) is 0 Å². The zero-order valence-electron chi connectivity index (χ0n) is 15.5. The van der Waals surface area contributed by atoms with Gasteiger partial charge in [0, 0.05) is 31.0 Å². The Bertz CT molecular complexity index is 1010. The van der Waals surface area contributed by atoms with Gasteiger partial charge in [-0.15, -0.1) is 0 Å². The van der Waals surface area contributed by atoms with Crippen LogP contribution in [0.3, 0.4) is 0 Å². The second kappa shape index (κ2) is 7.02. The molecule has 11 nitrogen and oxygen atoms in total. The SMILES string of the molecule is CCn1ncc(Cn2cc(NC(=O)c3nn(C)c(C)c3[N+](=O)[O-])cn2)c1C. The number of carbonyl (C=O) groups is 1. The molecule has 11 heteroatoms. The van der Waals surface area contributed by atoms with E-state index in [4.69, 9.17) is 0 Å². The van der Waals surface area contributed by atoms with Gasteiger partial charge in [-0.25, -0.2) is 0 Å². The van der Waals surface area contributed by atoms with Crippen molar-refractivity contribution in [2.24, 2.45) is 7.05 Å². The average molecular weight is 372 g/mol. The van der Waals surface area contributed by atoms with Crippen LogP contribution < -0.4 is 5.32 Å². The van der Waals surface area contributed by atoms with Crippen LogP contribution in [0.2, 0.25) is 0 Å². The molecule has 3 aromatic heterocycles. The number of nitrogens with zero attached hydrogens (tertiary/aromatic N) is 7. The van der Waals surface area contributed by atoms with Gasteiger partial charge < -0.3 is 5.32 Å². The number of hydrogen-bond acceptors (Lipinski definition) is 6. The normalized spacial score (nSPS) is 11.0. The van der Waals surface area contributed by atoms with E-state index in [9.17, 15) is 14.9 Å². The van der Waals surface area contributed by atoms with Crippen molar-refractivity contribution in [1.29, 1.82) is 0 Å². The summed E-state index contributed by atoms with van der Waals surface area (Å²) in [6, 6.07) is 0. The molecular formula is C16H20N8O3. The topological polar surface area (TPSA) is 126 Å². The molecule has 3 aromatic rings. The molecule has 0 fully saturated rings. The lowest BCUT2D eigenvalue weighted by Gasteiger charge is -2.03. The van der Waals surface area contributed by atoms with Crippen LogP contribution >= 0.6 is 0 Å². The number of carbonyl (C=O) groups excluding carboxylic acids is 1. The summed E-state index contributed by atoms with van der Waals surface area (Å²) in [5, 5.41) is 26.3. The van der Waals surface area contributed by atoms with E-state index in [2.05, 4.69) is 20.6 Å². The molecule has 0 saturated carbocycles. The fraction of sp³-hybridized carbons (Fsp3) is 0.375. The highest BCUT2D eigenvalue weighted by molar-refractivity contribution is 6.05. The molecule has 0 saturated heterocycles. The van der Waals surface area contributed by atoms with Crippen molar-refractivity contribution in [2.45, 2.75) is 33.9 Å². The Morgan fingerprint density at radius 2 is 2.00 bits per heavy atom. The zero-order valence-corrected chi connectivity index (χ0v) is 15.5. The molecule has 0 atom stereocenters. The van der Waals surface area contributed by atoms with Gasteiger partial charge in [0.25, 0.3) is 5.91 Å². The molecule has 0 aromatic carbocycles. The number of aryl methyl sites for hydroxylation is 2. The average Bonchev–Trinajstić information content (AvgIpc) is 3.28. The largest absolute Gasteiger partial charge is 0.322 e. The molecule has 0 aliphatic heterocycles. The number of aromatic nitrogens is 6. The van der Waals surface area contributed by atoms with Crippen LogP contribution in [0.1, 0.15) is 34.4 Å². The monoisotopic (exact) mass is 372 g/mol. The quantitative estimate of drug-likeness (QED) is 0.518. The minimum atomic E-state index is -0.653. The van der Waals surface area contributed by atoms with Gasteiger partial charge in [0.05, 0.1) is 29.5 Å². The third-order valence-electron chi connectivity index (χ3n) is 4.43. The summed E-state index contributed by atoms with van der Waals surface area (Å²) < 4.78 is 4.87. The predicted molar refractivity (Wildman–Crippen MR) is 96.5 cm³/mol. The molecule has 1 amide bonds. The maximum Gasteiger partial charge on any atom is 0.322 e. The van der Waals surface area contributed by atoms with Gasteiger partial charge in [-0.3, -0.25) is 29.0 Å². The van der Waals surface area contributed by atoms with Crippen molar-refractivity contribution in [2.75, 3.05) is 5.32 Å². The van der Waals surface area contributed by atoms with Crippen molar-refractivity contribution in [1.82, 2.24) is 29.3 Å². The highest BCUT2D eigenvalue weighted by Gasteiger charge is 2.29. The summed E-state index contributed by atoms with van der Waals surface area (Å²) in [6.07, 6.45) is 4.93. The Balaban J connectivity index is 1.76. The zero-order chi connectivity index (χ0) is 19.7. The molecule has 0 aliphatic carbocycles. The van der Waals surface area contributed by atoms with Crippen LogP contribution in [0, 0.1) is 24.0 Å². The number of hydrogen-bond donors (Lipinski definition) is 1. The van der Waals surface area contributed by atoms with Gasteiger partial charge in [-0.2, -0.15) is 15.3 Å². The van der Waals surface area contributed by atoms with Crippen molar-refractivity contribution < 1.29 is 9.72 Å². The lowest BCUT2D eigenvalue weighted by Crippen LogP contribution is -2.14. The summed E-state index contributed by atoms with van der Waals surface area (Å²) in [5.74, 6) is -0.653. The van der Waals surface area contributed by atoms with Gasteiger partial charge >= 0.3 is 5.69 Å². The van der Waals surface area contributed by atoms with E-state index in [-0.39, 0.29) is 11.4 Å². The van der Waals surface area contributed by atoms with E-state index in [1.54, 1.807) is 31.0 Å². The van der Waals surface area contributed by atoms with E-state index in [0.29, 0.717) is 17.9 Å². The lowest BCUT2D eigenvalue weighted by molar-refractivity contribution is -0.385. The molecule has 27 heavy (non-hydrogen) atoms. The van der Waals surface area contributed by atoms with E-state index in [1.807, 2.05) is 18.5 Å². The molecule has 0 bridgehead atoms.